The molecule has 51 heavy (non-hydrogen) atoms. The minimum absolute atomic E-state index is 0.411. The van der Waals surface area contributed by atoms with E-state index >= 15 is 0 Å². The molecule has 0 saturated heterocycles. The molecule has 0 aliphatic heterocycles. The molecule has 0 N–H and O–H groups in total. The van der Waals surface area contributed by atoms with Crippen LogP contribution < -0.4 is 0 Å². The van der Waals surface area contributed by atoms with Crippen LogP contribution in [0.2, 0.25) is 0 Å². The van der Waals surface area contributed by atoms with Gasteiger partial charge in [0.2, 0.25) is 5.95 Å². The largest absolute Gasteiger partial charge is 0.313 e. The van der Waals surface area contributed by atoms with E-state index in [2.05, 4.69) is 174 Å². The van der Waals surface area contributed by atoms with E-state index in [9.17, 15) is 0 Å². The Balaban J connectivity index is 1.13. The van der Waals surface area contributed by atoms with E-state index < -0.39 is 0 Å². The highest BCUT2D eigenvalue weighted by atomic mass is 15.2. The van der Waals surface area contributed by atoms with Crippen molar-refractivity contribution in [3.63, 3.8) is 0 Å². The molecular formula is C47H34N4. The topological polar surface area (TPSA) is 35.6 Å². The van der Waals surface area contributed by atoms with Gasteiger partial charge in [0, 0.05) is 50.8 Å². The van der Waals surface area contributed by atoms with Crippen molar-refractivity contribution in [2.45, 2.75) is 19.3 Å². The number of hydrogen-bond donors (Lipinski definition) is 0. The number of nitrogens with zero attached hydrogens (tertiary/aromatic N) is 4. The van der Waals surface area contributed by atoms with Gasteiger partial charge in [-0.1, -0.05) is 128 Å². The first-order valence-corrected chi connectivity index (χ1v) is 17.6. The minimum Gasteiger partial charge on any atom is -0.313 e. The predicted molar refractivity (Wildman–Crippen MR) is 212 cm³/mol. The van der Waals surface area contributed by atoms with Crippen LogP contribution in [0, 0.1) is 0 Å². The molecule has 3 heterocycles. The second-order valence-corrected chi connectivity index (χ2v) is 13.5. The van der Waals surface area contributed by atoms with Crippen molar-refractivity contribution in [2.24, 2.45) is 0 Å². The van der Waals surface area contributed by atoms with Gasteiger partial charge in [0.1, 0.15) is 0 Å². The summed E-state index contributed by atoms with van der Waals surface area (Å²) in [6.45, 7) is 2.34. The molecule has 0 amide bonds. The van der Waals surface area contributed by atoms with E-state index in [0.29, 0.717) is 11.9 Å². The molecule has 9 aromatic rings. The first-order chi connectivity index (χ1) is 25.2. The van der Waals surface area contributed by atoms with Crippen molar-refractivity contribution in [3.05, 3.63) is 175 Å². The smallest absolute Gasteiger partial charge is 0.235 e. The molecule has 1 aliphatic carbocycles. The Bertz CT molecular complexity index is 2770. The summed E-state index contributed by atoms with van der Waals surface area (Å²) in [5, 5.41) is 3.67. The quantitative estimate of drug-likeness (QED) is 0.185. The van der Waals surface area contributed by atoms with E-state index in [1.807, 2.05) is 12.3 Å². The molecule has 0 saturated carbocycles. The number of benzene rings is 6. The molecule has 242 valence electrons. The normalized spacial score (nSPS) is 14.0. The van der Waals surface area contributed by atoms with Gasteiger partial charge >= 0.3 is 0 Å². The fourth-order valence-electron chi connectivity index (χ4n) is 7.99. The third-order valence-corrected chi connectivity index (χ3v) is 10.4. The summed E-state index contributed by atoms with van der Waals surface area (Å²) in [5.41, 5.74) is 13.9. The summed E-state index contributed by atoms with van der Waals surface area (Å²) in [7, 11) is 0. The number of fused-ring (bicyclic) bond motifs is 6. The second kappa shape index (κ2) is 11.8. The lowest BCUT2D eigenvalue weighted by Gasteiger charge is -2.19. The summed E-state index contributed by atoms with van der Waals surface area (Å²) in [6, 6.07) is 54.1. The molecule has 0 radical (unpaired) electrons. The molecule has 4 nitrogen and oxygen atoms in total. The zero-order valence-electron chi connectivity index (χ0n) is 28.2. The standard InChI is InChI=1S/C47H34N4/c1-31-12-10-20-39-41-29-40-38-19-8-9-21-43(38)51(45(40)30-44(41)50(46(31)39)37-17-6-3-7-18-37)47-48-27-26-42(49-47)36-16-11-15-35(28-36)34-24-22-33(23-25-34)32-13-4-2-5-14-32/h2-11,13-31H,12H2,1H3. The van der Waals surface area contributed by atoms with Gasteiger partial charge in [-0.15, -0.1) is 0 Å². The zero-order chi connectivity index (χ0) is 33.9. The van der Waals surface area contributed by atoms with Gasteiger partial charge in [-0.2, -0.15) is 0 Å². The number of rotatable bonds is 5. The Morgan fingerprint density at radius 1 is 0.529 bits per heavy atom. The average Bonchev–Trinajstić information content (AvgIpc) is 3.71. The van der Waals surface area contributed by atoms with Crippen LogP contribution in [0.5, 0.6) is 0 Å². The molecule has 0 bridgehead atoms. The van der Waals surface area contributed by atoms with Crippen molar-refractivity contribution >= 4 is 38.8 Å². The Kier molecular flexibility index (Phi) is 6.81. The number of para-hydroxylation sites is 2. The third-order valence-electron chi connectivity index (χ3n) is 10.4. The second-order valence-electron chi connectivity index (χ2n) is 13.5. The third kappa shape index (κ3) is 4.83. The van der Waals surface area contributed by atoms with Crippen LogP contribution in [0.3, 0.4) is 0 Å². The van der Waals surface area contributed by atoms with E-state index in [-0.39, 0.29) is 0 Å². The van der Waals surface area contributed by atoms with Crippen LogP contribution in [0.1, 0.15) is 30.5 Å². The summed E-state index contributed by atoms with van der Waals surface area (Å²) in [6.07, 6.45) is 7.56. The van der Waals surface area contributed by atoms with Crippen molar-refractivity contribution in [3.8, 4) is 45.1 Å². The van der Waals surface area contributed by atoms with Crippen LogP contribution in [0.4, 0.5) is 0 Å². The highest BCUT2D eigenvalue weighted by molar-refractivity contribution is 6.14. The summed E-state index contributed by atoms with van der Waals surface area (Å²) < 4.78 is 4.70. The van der Waals surface area contributed by atoms with Crippen molar-refractivity contribution in [1.82, 2.24) is 19.1 Å². The van der Waals surface area contributed by atoms with E-state index in [0.717, 1.165) is 34.3 Å². The minimum atomic E-state index is 0.411. The fourth-order valence-corrected chi connectivity index (χ4v) is 7.99. The van der Waals surface area contributed by atoms with Gasteiger partial charge in [0.25, 0.3) is 0 Å². The highest BCUT2D eigenvalue weighted by Gasteiger charge is 2.25. The molecule has 6 aromatic carbocycles. The highest BCUT2D eigenvalue weighted by Crippen LogP contribution is 2.43. The summed E-state index contributed by atoms with van der Waals surface area (Å²) >= 11 is 0. The molecule has 4 heteroatoms. The monoisotopic (exact) mass is 654 g/mol. The van der Waals surface area contributed by atoms with Crippen LogP contribution >= 0.6 is 0 Å². The van der Waals surface area contributed by atoms with Gasteiger partial charge in [-0.3, -0.25) is 4.57 Å². The fraction of sp³-hybridized carbons (Fsp3) is 0.0638. The summed E-state index contributed by atoms with van der Waals surface area (Å²) in [4.78, 5) is 10.1. The van der Waals surface area contributed by atoms with Gasteiger partial charge < -0.3 is 4.57 Å². The number of hydrogen-bond acceptors (Lipinski definition) is 2. The van der Waals surface area contributed by atoms with Crippen LogP contribution in [0.15, 0.2) is 164 Å². The van der Waals surface area contributed by atoms with Crippen molar-refractivity contribution in [1.29, 1.82) is 0 Å². The van der Waals surface area contributed by atoms with E-state index in [1.54, 1.807) is 0 Å². The molecule has 10 rings (SSSR count). The molecule has 1 aliphatic rings. The molecular weight excluding hydrogens is 621 g/mol. The molecule has 0 fully saturated rings. The van der Waals surface area contributed by atoms with Crippen molar-refractivity contribution in [2.75, 3.05) is 0 Å². The van der Waals surface area contributed by atoms with Crippen LogP contribution in [0.25, 0.3) is 83.9 Å². The first-order valence-electron chi connectivity index (χ1n) is 17.6. The lowest BCUT2D eigenvalue weighted by Crippen LogP contribution is -2.07. The van der Waals surface area contributed by atoms with Gasteiger partial charge in [0.15, 0.2) is 0 Å². The number of allylic oxidation sites excluding steroid dienone is 1. The Hall–Kier alpha value is -6.52. The van der Waals surface area contributed by atoms with Crippen LogP contribution in [-0.4, -0.2) is 19.1 Å². The maximum atomic E-state index is 5.25. The summed E-state index contributed by atoms with van der Waals surface area (Å²) in [5.74, 6) is 1.07. The SMILES string of the molecule is CC1CC=Cc2c1n(-c1ccccc1)c1cc3c(cc21)c1ccccc1n3-c1nccc(-c2cccc(-c3ccc(-c4ccccc4)cc3)c2)n1. The Labute approximate surface area is 296 Å². The van der Waals surface area contributed by atoms with Gasteiger partial charge in [-0.05, 0) is 71.1 Å². The van der Waals surface area contributed by atoms with Crippen LogP contribution in [-0.2, 0) is 0 Å². The van der Waals surface area contributed by atoms with Gasteiger partial charge in [0.05, 0.1) is 22.2 Å². The lowest BCUT2D eigenvalue weighted by molar-refractivity contribution is 0.723. The Morgan fingerprint density at radius 2 is 1.20 bits per heavy atom. The average molecular weight is 655 g/mol. The number of aromatic nitrogens is 4. The molecule has 0 spiro atoms. The molecule has 1 unspecified atom stereocenters. The maximum Gasteiger partial charge on any atom is 0.235 e. The lowest BCUT2D eigenvalue weighted by atomic mass is 9.93. The zero-order valence-corrected chi connectivity index (χ0v) is 28.2. The van der Waals surface area contributed by atoms with E-state index in [4.69, 9.17) is 9.97 Å². The first kappa shape index (κ1) is 29.4. The molecule has 3 aromatic heterocycles. The van der Waals surface area contributed by atoms with E-state index in [1.165, 1.54) is 55.3 Å². The Morgan fingerprint density at radius 3 is 2.02 bits per heavy atom. The predicted octanol–water partition coefficient (Wildman–Crippen LogP) is 12.0. The van der Waals surface area contributed by atoms with Gasteiger partial charge in [-0.25, -0.2) is 9.97 Å². The van der Waals surface area contributed by atoms with Crippen molar-refractivity contribution < 1.29 is 0 Å². The maximum absolute atomic E-state index is 5.25. The molecule has 1 atom stereocenters.